The lowest BCUT2D eigenvalue weighted by Crippen LogP contribution is -2.06. The van der Waals surface area contributed by atoms with E-state index < -0.39 is 0 Å². The van der Waals surface area contributed by atoms with Gasteiger partial charge in [-0.3, -0.25) is 26.9 Å². The molecule has 0 fully saturated rings. The number of fused-ring (bicyclic) bond motifs is 26. The highest BCUT2D eigenvalue weighted by Gasteiger charge is 2.27. The molecule has 9 aromatic heterocycles. The first-order valence-electron chi connectivity index (χ1n) is 47.5. The molecule has 0 aliphatic heterocycles. The average Bonchev–Trinajstić information content (AvgIpc) is 1.29. The Bertz CT molecular complexity index is 10200. The quantitative estimate of drug-likeness (QED) is 0.126. The number of hydrogen-bond acceptors (Lipinski definition) is 6. The molecule has 0 saturated carbocycles. The molecule has 21 aromatic carbocycles. The Morgan fingerprint density at radius 1 is 0.121 bits per heavy atom. The second-order valence-corrected chi connectivity index (χ2v) is 36.0. The van der Waals surface area contributed by atoms with E-state index in [2.05, 4.69) is 476 Å². The second-order valence-electron chi connectivity index (χ2n) is 36.0. The van der Waals surface area contributed by atoms with Crippen LogP contribution in [0.5, 0.6) is 0 Å². The lowest BCUT2D eigenvalue weighted by Gasteiger charge is -2.18. The molecule has 0 radical (unpaired) electrons. The summed E-state index contributed by atoms with van der Waals surface area (Å²) in [4.78, 5) is 31.2. The third kappa shape index (κ3) is 12.8. The maximum absolute atomic E-state index is 5.36. The van der Waals surface area contributed by atoms with Crippen molar-refractivity contribution in [3.63, 3.8) is 0 Å². The van der Waals surface area contributed by atoms with E-state index in [0.29, 0.717) is 0 Å². The lowest BCUT2D eigenvalue weighted by molar-refractivity contribution is 0.979. The van der Waals surface area contributed by atoms with E-state index >= 15 is 0 Å². The largest absolute Gasteiger partial charge is 0.279 e. The molecule has 0 aliphatic rings. The van der Waals surface area contributed by atoms with E-state index in [-0.39, 0.29) is 0 Å². The Hall–Kier alpha value is -19.0. The molecule has 12 nitrogen and oxygen atoms in total. The molecule has 0 unspecified atom stereocenters. The van der Waals surface area contributed by atoms with E-state index in [4.69, 9.17) is 29.9 Å². The minimum Gasteiger partial charge on any atom is -0.279 e. The molecule has 0 atom stereocenters. The molecule has 0 aliphatic carbocycles. The van der Waals surface area contributed by atoms with Crippen molar-refractivity contribution in [3.8, 4) is 95.7 Å². The molecule has 12 heteroatoms. The van der Waals surface area contributed by atoms with Gasteiger partial charge in [0.2, 0.25) is 17.8 Å². The van der Waals surface area contributed by atoms with Gasteiger partial charge in [0.25, 0.3) is 0 Å². The van der Waals surface area contributed by atoms with Gasteiger partial charge in [-0.25, -0.2) is 29.9 Å². The van der Waals surface area contributed by atoms with Gasteiger partial charge in [-0.15, -0.1) is 0 Å². The molecule has 140 heavy (non-hydrogen) atoms. The smallest absolute Gasteiger partial charge is 0.221 e. The fraction of sp³-hybridized carbons (Fsp3) is 0. The van der Waals surface area contributed by atoms with Gasteiger partial charge in [0.15, 0.2) is 0 Å². The van der Waals surface area contributed by atoms with E-state index in [0.717, 1.165) is 134 Å². The molecule has 0 bridgehead atoms. The third-order valence-electron chi connectivity index (χ3n) is 28.1. The van der Waals surface area contributed by atoms with Gasteiger partial charge in [-0.05, 0) is 227 Å². The first kappa shape index (κ1) is 79.5. The zero-order valence-corrected chi connectivity index (χ0v) is 75.6. The average molecular weight is 1790 g/mol. The number of nitrogens with zero attached hydrogens (tertiary/aromatic N) is 12. The van der Waals surface area contributed by atoms with E-state index in [1.54, 1.807) is 0 Å². The summed E-state index contributed by atoms with van der Waals surface area (Å²) in [6.45, 7) is 0. The van der Waals surface area contributed by atoms with Crippen LogP contribution in [0.25, 0.3) is 265 Å². The molecule has 0 spiro atoms. The zero-order valence-electron chi connectivity index (χ0n) is 75.6. The van der Waals surface area contributed by atoms with E-state index in [1.165, 1.54) is 132 Å². The standard InChI is InChI=1S/C46H28N4.C44H28N4.C38H24N4/c1-2-14-29(15-3-1)43-32-17-4-6-19-34(32)44(35-20-7-5-18-33(35)43)30-26-27-41-37(28-30)31-16-9-12-24-40(31)49(41)46-48-38-22-10-8-21-36(38)45-47-39-23-11-13-25-42(39)50(45)46;1-2-10-29(11-3-1)30-18-20-31(21-19-30)32-22-24-33(25-23-32)34-26-27-41-37(28-34)35-12-5-8-16-40(35)47(41)44-46-38-14-6-4-13-36(38)43-45-39-15-7-9-17-42(39)48(43)44;1-2-10-25(11-3-1)26-18-20-27(21-19-26)28-22-23-35-31(24-28)29-12-5-8-16-34(29)41(35)38-40-32-14-6-4-13-30(32)37-39-33-15-7-9-17-36(33)42(37)38/h1-28H;1-28H;1-24H. The molecule has 0 N–H and O–H groups in total. The Balaban J connectivity index is 0.000000103. The van der Waals surface area contributed by atoms with Crippen molar-refractivity contribution in [3.05, 3.63) is 485 Å². The van der Waals surface area contributed by atoms with Gasteiger partial charge >= 0.3 is 0 Å². The highest BCUT2D eigenvalue weighted by atomic mass is 15.3. The van der Waals surface area contributed by atoms with Crippen LogP contribution < -0.4 is 0 Å². The zero-order chi connectivity index (χ0) is 92.0. The van der Waals surface area contributed by atoms with Gasteiger partial charge in [-0.2, -0.15) is 0 Å². The fourth-order valence-electron chi connectivity index (χ4n) is 21.7. The predicted molar refractivity (Wildman–Crippen MR) is 580 cm³/mol. The molecular formula is C128H80N12. The Morgan fingerprint density at radius 2 is 0.321 bits per heavy atom. The van der Waals surface area contributed by atoms with Crippen LogP contribution in [0.1, 0.15) is 0 Å². The number of aromatic nitrogens is 12. The topological polar surface area (TPSA) is 105 Å². The summed E-state index contributed by atoms with van der Waals surface area (Å²) in [6, 6.07) is 172. The normalized spacial score (nSPS) is 11.9. The third-order valence-corrected chi connectivity index (χ3v) is 28.1. The van der Waals surface area contributed by atoms with E-state index in [9.17, 15) is 0 Å². The summed E-state index contributed by atoms with van der Waals surface area (Å²) in [5.74, 6) is 2.50. The minimum atomic E-state index is 0.828. The highest BCUT2D eigenvalue weighted by Crippen LogP contribution is 2.48. The predicted octanol–water partition coefficient (Wildman–Crippen LogP) is 32.4. The minimum absolute atomic E-state index is 0.828. The van der Waals surface area contributed by atoms with Gasteiger partial charge in [0.05, 0.1) is 82.8 Å². The molecule has 30 aromatic rings. The van der Waals surface area contributed by atoms with Gasteiger partial charge in [0.1, 0.15) is 16.9 Å². The van der Waals surface area contributed by atoms with Crippen LogP contribution in [-0.4, -0.2) is 56.8 Å². The van der Waals surface area contributed by atoms with Crippen molar-refractivity contribution in [1.29, 1.82) is 0 Å². The molecule has 30 rings (SSSR count). The SMILES string of the molecule is c1ccc(-c2c3ccccc3c(-c3ccc4c(c3)c3ccccc3n4-c3nc4ccccc4c4nc5ccccc5n34)c3ccccc23)cc1.c1ccc(-c2ccc(-c3ccc(-c4ccc5c(c4)c4ccccc4n5-c4nc5ccccc5c5nc6ccccc6n45)cc3)cc2)cc1.c1ccc(-c2ccc(-c3ccc4c(c3)c3ccccc3n4-c3nc4ccccc4c4nc5ccccc5n34)cc2)cc1. The summed E-state index contributed by atoms with van der Waals surface area (Å²) >= 11 is 0. The van der Waals surface area contributed by atoms with Gasteiger partial charge < -0.3 is 0 Å². The highest BCUT2D eigenvalue weighted by molar-refractivity contribution is 6.23. The Labute approximate surface area is 802 Å². The number of rotatable bonds is 10. The number of hydrogen-bond donors (Lipinski definition) is 0. The van der Waals surface area contributed by atoms with Crippen LogP contribution in [0.3, 0.4) is 0 Å². The van der Waals surface area contributed by atoms with Crippen LogP contribution in [0.15, 0.2) is 485 Å². The molecule has 9 heterocycles. The van der Waals surface area contributed by atoms with Crippen LogP contribution in [-0.2, 0) is 0 Å². The van der Waals surface area contributed by atoms with Crippen molar-refractivity contribution >= 4 is 170 Å². The van der Waals surface area contributed by atoms with Crippen molar-refractivity contribution in [2.45, 2.75) is 0 Å². The monoisotopic (exact) mass is 1780 g/mol. The number of imidazole rings is 3. The van der Waals surface area contributed by atoms with Crippen LogP contribution in [0.4, 0.5) is 0 Å². The summed E-state index contributed by atoms with van der Waals surface area (Å²) in [7, 11) is 0. The first-order chi connectivity index (χ1) is 69.5. The Morgan fingerprint density at radius 3 is 0.629 bits per heavy atom. The van der Waals surface area contributed by atoms with Crippen LogP contribution in [0.2, 0.25) is 0 Å². The first-order valence-corrected chi connectivity index (χ1v) is 47.5. The Kier molecular flexibility index (Phi) is 18.4. The summed E-state index contributed by atoms with van der Waals surface area (Å²) < 4.78 is 13.5. The summed E-state index contributed by atoms with van der Waals surface area (Å²) in [5, 5.41) is 15.3. The maximum Gasteiger partial charge on any atom is 0.221 e. The molecule has 0 amide bonds. The fourth-order valence-corrected chi connectivity index (χ4v) is 21.7. The lowest BCUT2D eigenvalue weighted by atomic mass is 9.86. The number of para-hydroxylation sites is 12. The van der Waals surface area contributed by atoms with Crippen LogP contribution >= 0.6 is 0 Å². The van der Waals surface area contributed by atoms with E-state index in [1.807, 2.05) is 36.4 Å². The maximum atomic E-state index is 5.36. The van der Waals surface area contributed by atoms with Gasteiger partial charge in [0, 0.05) is 48.5 Å². The van der Waals surface area contributed by atoms with Crippen molar-refractivity contribution in [2.24, 2.45) is 0 Å². The summed E-state index contributed by atoms with van der Waals surface area (Å²) in [6.07, 6.45) is 0. The summed E-state index contributed by atoms with van der Waals surface area (Å²) in [5.41, 5.74) is 35.2. The molecule has 652 valence electrons. The molecular weight excluding hydrogens is 1710 g/mol. The second kappa shape index (κ2) is 32.4. The molecule has 0 saturated heterocycles. The van der Waals surface area contributed by atoms with Crippen molar-refractivity contribution < 1.29 is 0 Å². The van der Waals surface area contributed by atoms with Crippen molar-refractivity contribution in [1.82, 2.24) is 56.8 Å². The van der Waals surface area contributed by atoms with Crippen molar-refractivity contribution in [2.75, 3.05) is 0 Å². The number of benzene rings is 21. The van der Waals surface area contributed by atoms with Gasteiger partial charge in [-0.1, -0.05) is 358 Å². The van der Waals surface area contributed by atoms with Crippen LogP contribution in [0, 0.1) is 0 Å².